The summed E-state index contributed by atoms with van der Waals surface area (Å²) in [6.07, 6.45) is 14.9. The Morgan fingerprint density at radius 2 is 2.24 bits per heavy atom. The highest BCUT2D eigenvalue weighted by Crippen LogP contribution is 2.30. The lowest BCUT2D eigenvalue weighted by Gasteiger charge is -2.23. The van der Waals surface area contributed by atoms with Gasteiger partial charge in [0.05, 0.1) is 6.20 Å². The largest absolute Gasteiger partial charge is 0.353 e. The molecule has 1 unspecified atom stereocenters. The average Bonchev–Trinajstić information content (AvgIpc) is 3.08. The molecule has 1 N–H and O–H groups in total. The summed E-state index contributed by atoms with van der Waals surface area (Å²) in [6.45, 7) is 4.39. The maximum atomic E-state index is 4.24. The first-order chi connectivity index (χ1) is 10.3. The summed E-state index contributed by atoms with van der Waals surface area (Å²) < 4.78 is 4.24. The van der Waals surface area contributed by atoms with Crippen LogP contribution in [0, 0.1) is 0 Å². The van der Waals surface area contributed by atoms with Crippen LogP contribution < -0.4 is 5.32 Å². The summed E-state index contributed by atoms with van der Waals surface area (Å²) in [5.74, 6) is 0. The van der Waals surface area contributed by atoms with Gasteiger partial charge < -0.3 is 9.88 Å². The second-order valence-corrected chi connectivity index (χ2v) is 6.15. The van der Waals surface area contributed by atoms with Gasteiger partial charge in [0, 0.05) is 38.2 Å². The SMILES string of the molecule is CCCNC1CCCc2cn(CCc3cnn(C)c3)cc21. The first-order valence-corrected chi connectivity index (χ1v) is 8.15. The van der Waals surface area contributed by atoms with Crippen LogP contribution in [0.2, 0.25) is 0 Å². The van der Waals surface area contributed by atoms with Crippen molar-refractivity contribution >= 4 is 0 Å². The summed E-state index contributed by atoms with van der Waals surface area (Å²) in [6, 6.07) is 0.563. The zero-order valence-electron chi connectivity index (χ0n) is 13.2. The van der Waals surface area contributed by atoms with Gasteiger partial charge in [0.25, 0.3) is 0 Å². The van der Waals surface area contributed by atoms with Crippen molar-refractivity contribution in [2.24, 2.45) is 7.05 Å². The van der Waals surface area contributed by atoms with E-state index in [9.17, 15) is 0 Å². The molecule has 0 fully saturated rings. The lowest BCUT2D eigenvalue weighted by Crippen LogP contribution is -2.24. The monoisotopic (exact) mass is 286 g/mol. The summed E-state index contributed by atoms with van der Waals surface area (Å²) >= 11 is 0. The molecular weight excluding hydrogens is 260 g/mol. The van der Waals surface area contributed by atoms with Gasteiger partial charge >= 0.3 is 0 Å². The van der Waals surface area contributed by atoms with Crippen LogP contribution in [-0.4, -0.2) is 20.9 Å². The molecule has 2 heterocycles. The maximum absolute atomic E-state index is 4.24. The Labute approximate surface area is 127 Å². The van der Waals surface area contributed by atoms with E-state index < -0.39 is 0 Å². The fourth-order valence-corrected chi connectivity index (χ4v) is 3.27. The fourth-order valence-electron chi connectivity index (χ4n) is 3.27. The van der Waals surface area contributed by atoms with Crippen molar-refractivity contribution in [3.8, 4) is 0 Å². The van der Waals surface area contributed by atoms with Gasteiger partial charge in [-0.25, -0.2) is 0 Å². The summed E-state index contributed by atoms with van der Waals surface area (Å²) in [4.78, 5) is 0. The summed E-state index contributed by atoms with van der Waals surface area (Å²) in [5, 5.41) is 7.93. The van der Waals surface area contributed by atoms with Crippen LogP contribution in [0.3, 0.4) is 0 Å². The number of hydrogen-bond donors (Lipinski definition) is 1. The van der Waals surface area contributed by atoms with Crippen LogP contribution in [-0.2, 0) is 26.4 Å². The van der Waals surface area contributed by atoms with E-state index in [2.05, 4.69) is 40.5 Å². The molecule has 2 aromatic heterocycles. The average molecular weight is 286 g/mol. The Balaban J connectivity index is 1.66. The Bertz CT molecular complexity index is 581. The Morgan fingerprint density at radius 3 is 3.00 bits per heavy atom. The van der Waals surface area contributed by atoms with Crippen molar-refractivity contribution in [3.63, 3.8) is 0 Å². The molecule has 114 valence electrons. The van der Waals surface area contributed by atoms with Gasteiger partial charge in [-0.3, -0.25) is 4.68 Å². The lowest BCUT2D eigenvalue weighted by molar-refractivity contribution is 0.462. The van der Waals surface area contributed by atoms with Gasteiger partial charge in [-0.15, -0.1) is 0 Å². The third-order valence-corrected chi connectivity index (χ3v) is 4.37. The van der Waals surface area contributed by atoms with E-state index in [4.69, 9.17) is 0 Å². The fraction of sp³-hybridized carbons (Fsp3) is 0.588. The molecule has 0 bridgehead atoms. The van der Waals surface area contributed by atoms with Crippen LogP contribution >= 0.6 is 0 Å². The highest BCUT2D eigenvalue weighted by molar-refractivity contribution is 5.30. The molecule has 0 aliphatic heterocycles. The molecule has 3 rings (SSSR count). The van der Waals surface area contributed by atoms with E-state index in [-0.39, 0.29) is 0 Å². The Kier molecular flexibility index (Phi) is 4.44. The van der Waals surface area contributed by atoms with E-state index in [0.29, 0.717) is 6.04 Å². The number of hydrogen-bond acceptors (Lipinski definition) is 2. The zero-order chi connectivity index (χ0) is 14.7. The van der Waals surface area contributed by atoms with Crippen molar-refractivity contribution < 1.29 is 0 Å². The van der Waals surface area contributed by atoms with Crippen molar-refractivity contribution in [3.05, 3.63) is 41.5 Å². The van der Waals surface area contributed by atoms with E-state index in [1.54, 1.807) is 5.56 Å². The molecule has 4 heteroatoms. The van der Waals surface area contributed by atoms with Crippen molar-refractivity contribution in [1.82, 2.24) is 19.7 Å². The Morgan fingerprint density at radius 1 is 1.33 bits per heavy atom. The van der Waals surface area contributed by atoms with Gasteiger partial charge in [-0.05, 0) is 55.3 Å². The molecular formula is C17H26N4. The van der Waals surface area contributed by atoms with Crippen molar-refractivity contribution in [2.45, 2.75) is 51.6 Å². The van der Waals surface area contributed by atoms with Crippen molar-refractivity contribution in [2.75, 3.05) is 6.54 Å². The molecule has 2 aromatic rings. The van der Waals surface area contributed by atoms with Crippen LogP contribution in [0.1, 0.15) is 48.9 Å². The van der Waals surface area contributed by atoms with Gasteiger partial charge in [0.1, 0.15) is 0 Å². The van der Waals surface area contributed by atoms with Crippen LogP contribution in [0.15, 0.2) is 24.8 Å². The number of aromatic nitrogens is 3. The van der Waals surface area contributed by atoms with Crippen molar-refractivity contribution in [1.29, 1.82) is 0 Å². The van der Waals surface area contributed by atoms with Gasteiger partial charge in [-0.2, -0.15) is 5.10 Å². The maximum Gasteiger partial charge on any atom is 0.0522 e. The zero-order valence-corrected chi connectivity index (χ0v) is 13.2. The molecule has 1 atom stereocenters. The first kappa shape index (κ1) is 14.4. The molecule has 21 heavy (non-hydrogen) atoms. The standard InChI is InChI=1S/C17H26N4/c1-3-8-18-17-6-4-5-15-12-21(13-16(15)17)9-7-14-10-19-20(2)11-14/h10-13,17-18H,3-9H2,1-2H3. The van der Waals surface area contributed by atoms with Crippen LogP contribution in [0.5, 0.6) is 0 Å². The summed E-state index contributed by atoms with van der Waals surface area (Å²) in [5.41, 5.74) is 4.38. The van der Waals surface area contributed by atoms with Crippen LogP contribution in [0.4, 0.5) is 0 Å². The third-order valence-electron chi connectivity index (χ3n) is 4.37. The smallest absolute Gasteiger partial charge is 0.0522 e. The molecule has 1 aliphatic carbocycles. The number of fused-ring (bicyclic) bond motifs is 1. The van der Waals surface area contributed by atoms with E-state index in [0.717, 1.165) is 19.5 Å². The predicted octanol–water partition coefficient (Wildman–Crippen LogP) is 2.84. The second-order valence-electron chi connectivity index (χ2n) is 6.15. The molecule has 0 spiro atoms. The first-order valence-electron chi connectivity index (χ1n) is 8.15. The normalized spacial score (nSPS) is 17.9. The van der Waals surface area contributed by atoms with Gasteiger partial charge in [0.2, 0.25) is 0 Å². The molecule has 4 nitrogen and oxygen atoms in total. The van der Waals surface area contributed by atoms with E-state index in [1.807, 2.05) is 17.9 Å². The number of aryl methyl sites for hydroxylation is 4. The number of nitrogens with one attached hydrogen (secondary N) is 1. The van der Waals surface area contributed by atoms with Gasteiger partial charge in [0.15, 0.2) is 0 Å². The summed E-state index contributed by atoms with van der Waals surface area (Å²) in [7, 11) is 1.97. The van der Waals surface area contributed by atoms with Crippen LogP contribution in [0.25, 0.3) is 0 Å². The van der Waals surface area contributed by atoms with E-state index in [1.165, 1.54) is 36.8 Å². The minimum atomic E-state index is 0.563. The molecule has 0 saturated heterocycles. The highest BCUT2D eigenvalue weighted by atomic mass is 15.2. The Hall–Kier alpha value is -1.55. The molecule has 0 saturated carbocycles. The predicted molar refractivity (Wildman–Crippen MR) is 85.3 cm³/mol. The van der Waals surface area contributed by atoms with Gasteiger partial charge in [-0.1, -0.05) is 6.92 Å². The molecule has 0 radical (unpaired) electrons. The highest BCUT2D eigenvalue weighted by Gasteiger charge is 2.21. The minimum absolute atomic E-state index is 0.563. The quantitative estimate of drug-likeness (QED) is 0.886. The molecule has 1 aliphatic rings. The topological polar surface area (TPSA) is 34.8 Å². The number of rotatable bonds is 6. The third kappa shape index (κ3) is 3.38. The van der Waals surface area contributed by atoms with E-state index >= 15 is 0 Å². The number of nitrogens with zero attached hydrogens (tertiary/aromatic N) is 3. The minimum Gasteiger partial charge on any atom is -0.353 e. The second kappa shape index (κ2) is 6.48. The lowest BCUT2D eigenvalue weighted by atomic mass is 9.91. The molecule has 0 amide bonds. The molecule has 0 aromatic carbocycles.